The molecule has 1 heterocycles. The van der Waals surface area contributed by atoms with Crippen molar-refractivity contribution in [2.24, 2.45) is 0 Å². The Morgan fingerprint density at radius 3 is 2.32 bits per heavy atom. The van der Waals surface area contributed by atoms with E-state index in [4.69, 9.17) is 9.47 Å². The molecule has 2 aromatic rings. The largest absolute Gasteiger partial charge is 0.456 e. The van der Waals surface area contributed by atoms with Crippen LogP contribution in [-0.2, 0) is 19.6 Å². The molecular formula is C22H26BrN3O7S. The minimum atomic E-state index is -4.13. The molecule has 1 aliphatic rings. The van der Waals surface area contributed by atoms with Crippen molar-refractivity contribution in [2.45, 2.75) is 37.3 Å². The molecule has 1 fully saturated rings. The van der Waals surface area contributed by atoms with Gasteiger partial charge in [-0.2, -0.15) is 4.31 Å². The normalized spacial score (nSPS) is 17.2. The summed E-state index contributed by atoms with van der Waals surface area (Å²) in [5.74, 6) is 0.0343. The van der Waals surface area contributed by atoms with Gasteiger partial charge in [-0.15, -0.1) is 0 Å². The monoisotopic (exact) mass is 555 g/mol. The first-order valence-electron chi connectivity index (χ1n) is 10.4. The van der Waals surface area contributed by atoms with E-state index in [1.807, 2.05) is 18.2 Å². The van der Waals surface area contributed by atoms with Gasteiger partial charge in [-0.05, 0) is 73.1 Å². The molecule has 34 heavy (non-hydrogen) atoms. The third-order valence-electron chi connectivity index (χ3n) is 4.89. The van der Waals surface area contributed by atoms with Crippen LogP contribution in [0, 0.1) is 0 Å². The highest BCUT2D eigenvalue weighted by atomic mass is 79.9. The van der Waals surface area contributed by atoms with Crippen LogP contribution >= 0.6 is 15.9 Å². The van der Waals surface area contributed by atoms with Gasteiger partial charge >= 0.3 is 6.09 Å². The number of amides is 2. The van der Waals surface area contributed by atoms with E-state index in [0.717, 1.165) is 8.78 Å². The Bertz CT molecular complexity index is 1150. The van der Waals surface area contributed by atoms with Gasteiger partial charge in [-0.3, -0.25) is 10.0 Å². The number of nitrogens with zero attached hydrogens (tertiary/aromatic N) is 2. The number of piperazine rings is 1. The van der Waals surface area contributed by atoms with Crippen LogP contribution in [0.15, 0.2) is 57.9 Å². The second-order valence-electron chi connectivity index (χ2n) is 8.54. The van der Waals surface area contributed by atoms with E-state index in [1.54, 1.807) is 26.8 Å². The van der Waals surface area contributed by atoms with E-state index in [9.17, 15) is 23.2 Å². The molecule has 0 saturated carbocycles. The smallest absolute Gasteiger partial charge is 0.410 e. The summed E-state index contributed by atoms with van der Waals surface area (Å²) in [4.78, 5) is 25.9. The molecule has 2 aromatic carbocycles. The summed E-state index contributed by atoms with van der Waals surface area (Å²) in [5, 5.41) is 9.18. The number of nitrogens with one attached hydrogen (secondary N) is 1. The molecule has 184 valence electrons. The fourth-order valence-electron chi connectivity index (χ4n) is 3.30. The molecule has 10 nitrogen and oxygen atoms in total. The van der Waals surface area contributed by atoms with E-state index in [1.165, 1.54) is 34.6 Å². The number of sulfonamides is 1. The van der Waals surface area contributed by atoms with E-state index in [2.05, 4.69) is 15.9 Å². The number of rotatable bonds is 5. The summed E-state index contributed by atoms with van der Waals surface area (Å²) < 4.78 is 39.5. The third-order valence-corrected chi connectivity index (χ3v) is 7.47. The SMILES string of the molecule is CC(C)(C)OC(=O)N1CCN(S(=O)(=O)c2ccc(Oc3ccccc3Br)cc2)C(C(=O)NO)C1. The van der Waals surface area contributed by atoms with Crippen molar-refractivity contribution < 1.29 is 32.7 Å². The molecule has 0 aromatic heterocycles. The third kappa shape index (κ3) is 6.06. The summed E-state index contributed by atoms with van der Waals surface area (Å²) >= 11 is 3.39. The second kappa shape index (κ2) is 10.3. The summed E-state index contributed by atoms with van der Waals surface area (Å²) in [6.07, 6.45) is -0.672. The van der Waals surface area contributed by atoms with Crippen molar-refractivity contribution in [1.29, 1.82) is 0 Å². The van der Waals surface area contributed by atoms with Crippen molar-refractivity contribution in [3.05, 3.63) is 53.0 Å². The van der Waals surface area contributed by atoms with Gasteiger partial charge in [-0.1, -0.05) is 12.1 Å². The fourth-order valence-corrected chi connectivity index (χ4v) is 5.24. The quantitative estimate of drug-likeness (QED) is 0.428. The van der Waals surface area contributed by atoms with E-state index in [0.29, 0.717) is 11.5 Å². The molecular weight excluding hydrogens is 530 g/mol. The highest BCUT2D eigenvalue weighted by Gasteiger charge is 2.42. The molecule has 1 saturated heterocycles. The first kappa shape index (κ1) is 25.9. The lowest BCUT2D eigenvalue weighted by atomic mass is 10.2. The number of hydrogen-bond donors (Lipinski definition) is 2. The Hall–Kier alpha value is -2.67. The topological polar surface area (TPSA) is 125 Å². The van der Waals surface area contributed by atoms with Crippen molar-refractivity contribution >= 4 is 38.0 Å². The maximum Gasteiger partial charge on any atom is 0.410 e. The van der Waals surface area contributed by atoms with Crippen LogP contribution in [-0.4, -0.2) is 66.1 Å². The van der Waals surface area contributed by atoms with Crippen LogP contribution in [0.25, 0.3) is 0 Å². The number of carbonyl (C=O) groups is 2. The molecule has 0 spiro atoms. The van der Waals surface area contributed by atoms with Gasteiger partial charge in [0.1, 0.15) is 23.1 Å². The summed E-state index contributed by atoms with van der Waals surface area (Å²) in [6.45, 7) is 4.69. The molecule has 0 aliphatic carbocycles. The number of hydrogen-bond acceptors (Lipinski definition) is 7. The van der Waals surface area contributed by atoms with Crippen molar-refractivity contribution in [1.82, 2.24) is 14.7 Å². The van der Waals surface area contributed by atoms with Crippen LogP contribution in [0.3, 0.4) is 0 Å². The maximum absolute atomic E-state index is 13.3. The van der Waals surface area contributed by atoms with E-state index >= 15 is 0 Å². The molecule has 1 unspecified atom stereocenters. The molecule has 0 bridgehead atoms. The van der Waals surface area contributed by atoms with E-state index in [-0.39, 0.29) is 24.5 Å². The standard InChI is InChI=1S/C22H26BrN3O7S/c1-22(2,3)33-21(28)25-12-13-26(18(14-25)20(27)24-29)34(30,31)16-10-8-15(9-11-16)32-19-7-5-4-6-17(19)23/h4-11,18,29H,12-14H2,1-3H3,(H,24,27). The average molecular weight is 556 g/mol. The van der Waals surface area contributed by atoms with Gasteiger partial charge in [-0.25, -0.2) is 18.7 Å². The zero-order chi connectivity index (χ0) is 25.1. The molecule has 1 aliphatic heterocycles. The lowest BCUT2D eigenvalue weighted by Gasteiger charge is -2.39. The fraction of sp³-hybridized carbons (Fsp3) is 0.364. The minimum Gasteiger partial charge on any atom is -0.456 e. The van der Waals surface area contributed by atoms with Crippen molar-refractivity contribution in [3.8, 4) is 11.5 Å². The summed E-state index contributed by atoms with van der Waals surface area (Å²) in [7, 11) is -4.13. The van der Waals surface area contributed by atoms with Crippen LogP contribution in [0.1, 0.15) is 20.8 Å². The minimum absolute atomic E-state index is 0.0204. The molecule has 12 heteroatoms. The molecule has 1 atom stereocenters. The lowest BCUT2D eigenvalue weighted by molar-refractivity contribution is -0.134. The number of hydroxylamine groups is 1. The average Bonchev–Trinajstić information content (AvgIpc) is 2.79. The van der Waals surface area contributed by atoms with Gasteiger partial charge in [0.05, 0.1) is 9.37 Å². The predicted octanol–water partition coefficient (Wildman–Crippen LogP) is 3.36. The lowest BCUT2D eigenvalue weighted by Crippen LogP contribution is -2.61. The van der Waals surface area contributed by atoms with Crippen LogP contribution < -0.4 is 10.2 Å². The van der Waals surface area contributed by atoms with Gasteiger partial charge < -0.3 is 14.4 Å². The maximum atomic E-state index is 13.3. The number of benzene rings is 2. The molecule has 0 radical (unpaired) electrons. The summed E-state index contributed by atoms with van der Waals surface area (Å²) in [5.41, 5.74) is 0.734. The van der Waals surface area contributed by atoms with Crippen molar-refractivity contribution in [2.75, 3.05) is 19.6 Å². The van der Waals surface area contributed by atoms with Crippen LogP contribution in [0.4, 0.5) is 4.79 Å². The Morgan fingerprint density at radius 1 is 1.09 bits per heavy atom. The number of carbonyl (C=O) groups excluding carboxylic acids is 2. The van der Waals surface area contributed by atoms with Gasteiger partial charge in [0.15, 0.2) is 0 Å². The van der Waals surface area contributed by atoms with Crippen LogP contribution in [0.5, 0.6) is 11.5 Å². The number of halogens is 1. The zero-order valence-corrected chi connectivity index (χ0v) is 21.3. The van der Waals surface area contributed by atoms with Gasteiger partial charge in [0, 0.05) is 19.6 Å². The number of para-hydroxylation sites is 1. The Labute approximate surface area is 206 Å². The Balaban J connectivity index is 1.80. The van der Waals surface area contributed by atoms with Crippen LogP contribution in [0.2, 0.25) is 0 Å². The van der Waals surface area contributed by atoms with E-state index < -0.39 is 33.7 Å². The van der Waals surface area contributed by atoms with Gasteiger partial charge in [0.25, 0.3) is 5.91 Å². The second-order valence-corrected chi connectivity index (χ2v) is 11.3. The first-order valence-corrected chi connectivity index (χ1v) is 12.6. The highest BCUT2D eigenvalue weighted by Crippen LogP contribution is 2.30. The van der Waals surface area contributed by atoms with Crippen molar-refractivity contribution in [3.63, 3.8) is 0 Å². The summed E-state index contributed by atoms with van der Waals surface area (Å²) in [6, 6.07) is 11.6. The Kier molecular flexibility index (Phi) is 7.86. The Morgan fingerprint density at radius 2 is 1.74 bits per heavy atom. The molecule has 2 N–H and O–H groups in total. The first-order chi connectivity index (χ1) is 15.9. The zero-order valence-electron chi connectivity index (χ0n) is 18.9. The highest BCUT2D eigenvalue weighted by molar-refractivity contribution is 9.10. The molecule has 3 rings (SSSR count). The number of ether oxygens (including phenoxy) is 2. The van der Waals surface area contributed by atoms with Gasteiger partial charge in [0.2, 0.25) is 10.0 Å². The predicted molar refractivity (Wildman–Crippen MR) is 126 cm³/mol. The molecule has 2 amide bonds.